The molecule has 0 aliphatic carbocycles. The van der Waals surface area contributed by atoms with Gasteiger partial charge in [0, 0.05) is 6.42 Å². The Morgan fingerprint density at radius 3 is 1.40 bits per heavy atom. The van der Waals surface area contributed by atoms with Gasteiger partial charge in [-0.15, -0.1) is 0 Å². The Hall–Kier alpha value is -1.28. The molecule has 0 spiro atoms. The topological polar surface area (TPSA) is 108 Å². The highest BCUT2D eigenvalue weighted by Gasteiger charge is 2.23. The molecule has 3 unspecified atom stereocenters. The first kappa shape index (κ1) is 56.7. The molecule has 342 valence electrons. The monoisotopic (exact) mass is 839 g/mol. The lowest BCUT2D eigenvalue weighted by Gasteiger charge is -2.29. The molecule has 0 aromatic heterocycles. The van der Waals surface area contributed by atoms with E-state index in [4.69, 9.17) is 9.05 Å². The molecule has 2 N–H and O–H groups in total. The zero-order valence-electron chi connectivity index (χ0n) is 38.8. The van der Waals surface area contributed by atoms with E-state index in [0.717, 1.165) is 51.4 Å². The fraction of sp³-hybridized carbons (Fsp3) is 0.857. The number of amides is 1. The van der Waals surface area contributed by atoms with Crippen LogP contribution in [0.15, 0.2) is 36.5 Å². The first-order chi connectivity index (χ1) is 28.0. The number of aliphatic hydroxyl groups is 1. The number of unbranched alkanes of at least 4 members (excludes halogenated alkanes) is 27. The van der Waals surface area contributed by atoms with Gasteiger partial charge >= 0.3 is 0 Å². The number of aliphatic hydroxyl groups excluding tert-OH is 1. The molecule has 0 saturated carbocycles. The SMILES string of the molecule is CCCCCCCCCCCCCCCCCCCCCC/C=C/CC/C=C/CC/C=C/C(O)C(COP(=O)([O-])OCC[N+](C)(C)C)NC(=O)CCCCCCCC. The summed E-state index contributed by atoms with van der Waals surface area (Å²) in [7, 11) is 1.23. The van der Waals surface area contributed by atoms with Crippen molar-refractivity contribution in [2.75, 3.05) is 40.9 Å². The van der Waals surface area contributed by atoms with Crippen LogP contribution < -0.4 is 10.2 Å². The number of rotatable bonds is 44. The highest BCUT2D eigenvalue weighted by Crippen LogP contribution is 2.38. The highest BCUT2D eigenvalue weighted by atomic mass is 31.2. The Balaban J connectivity index is 4.07. The van der Waals surface area contributed by atoms with Crippen LogP contribution in [0.5, 0.6) is 0 Å². The largest absolute Gasteiger partial charge is 0.756 e. The van der Waals surface area contributed by atoms with E-state index in [1.807, 2.05) is 27.2 Å². The lowest BCUT2D eigenvalue weighted by molar-refractivity contribution is -0.870. The van der Waals surface area contributed by atoms with Crippen LogP contribution in [0.4, 0.5) is 0 Å². The van der Waals surface area contributed by atoms with E-state index < -0.39 is 26.6 Å². The van der Waals surface area contributed by atoms with E-state index in [9.17, 15) is 19.4 Å². The van der Waals surface area contributed by atoms with E-state index in [-0.39, 0.29) is 12.5 Å². The van der Waals surface area contributed by atoms with Gasteiger partial charge in [-0.1, -0.05) is 204 Å². The number of carbonyl (C=O) groups excluding carboxylic acids is 1. The molecule has 0 aromatic carbocycles. The predicted octanol–water partition coefficient (Wildman–Crippen LogP) is 13.2. The summed E-state index contributed by atoms with van der Waals surface area (Å²) in [5.74, 6) is -0.221. The molecule has 8 nitrogen and oxygen atoms in total. The number of allylic oxidation sites excluding steroid dienone is 5. The highest BCUT2D eigenvalue weighted by molar-refractivity contribution is 7.45. The molecular weight excluding hydrogens is 744 g/mol. The first-order valence-corrected chi connectivity index (χ1v) is 25.8. The van der Waals surface area contributed by atoms with Gasteiger partial charge in [0.2, 0.25) is 5.91 Å². The quantitative estimate of drug-likeness (QED) is 0.0274. The Morgan fingerprint density at radius 1 is 0.586 bits per heavy atom. The number of quaternary nitrogens is 1. The van der Waals surface area contributed by atoms with Crippen LogP contribution in [0.1, 0.15) is 219 Å². The van der Waals surface area contributed by atoms with Gasteiger partial charge in [0.15, 0.2) is 0 Å². The smallest absolute Gasteiger partial charge is 0.268 e. The summed E-state index contributed by atoms with van der Waals surface area (Å²) in [6, 6.07) is -0.904. The third-order valence-corrected chi connectivity index (χ3v) is 11.8. The van der Waals surface area contributed by atoms with Gasteiger partial charge in [-0.05, 0) is 44.9 Å². The van der Waals surface area contributed by atoms with E-state index in [1.54, 1.807) is 6.08 Å². The van der Waals surface area contributed by atoms with Gasteiger partial charge < -0.3 is 28.8 Å². The minimum absolute atomic E-state index is 0.00867. The average molecular weight is 839 g/mol. The van der Waals surface area contributed by atoms with Gasteiger partial charge in [-0.3, -0.25) is 9.36 Å². The van der Waals surface area contributed by atoms with Crippen molar-refractivity contribution in [2.24, 2.45) is 0 Å². The molecular formula is C49H95N2O6P. The van der Waals surface area contributed by atoms with Crippen molar-refractivity contribution in [3.05, 3.63) is 36.5 Å². The summed E-state index contributed by atoms with van der Waals surface area (Å²) in [6.45, 7) is 4.55. The molecule has 0 saturated heterocycles. The number of phosphoric acid groups is 1. The van der Waals surface area contributed by atoms with Crippen LogP contribution >= 0.6 is 7.82 Å². The van der Waals surface area contributed by atoms with Crippen molar-refractivity contribution < 1.29 is 32.9 Å². The second kappa shape index (κ2) is 41.1. The summed E-state index contributed by atoms with van der Waals surface area (Å²) in [5, 5.41) is 13.7. The van der Waals surface area contributed by atoms with E-state index in [2.05, 4.69) is 43.5 Å². The number of hydrogen-bond donors (Lipinski definition) is 2. The van der Waals surface area contributed by atoms with Crippen LogP contribution in [0.2, 0.25) is 0 Å². The molecule has 3 atom stereocenters. The van der Waals surface area contributed by atoms with Crippen LogP contribution in [-0.4, -0.2) is 68.5 Å². The molecule has 0 radical (unpaired) electrons. The molecule has 0 aromatic rings. The average Bonchev–Trinajstić information content (AvgIpc) is 3.17. The molecule has 0 rings (SSSR count). The molecule has 0 aliphatic rings. The summed E-state index contributed by atoms with van der Waals surface area (Å²) in [5.41, 5.74) is 0. The molecule has 0 aliphatic heterocycles. The van der Waals surface area contributed by atoms with Crippen molar-refractivity contribution >= 4 is 13.7 Å². The third kappa shape index (κ3) is 42.8. The minimum Gasteiger partial charge on any atom is -0.756 e. The molecule has 9 heteroatoms. The lowest BCUT2D eigenvalue weighted by atomic mass is 10.0. The van der Waals surface area contributed by atoms with Crippen molar-refractivity contribution in [1.29, 1.82) is 0 Å². The van der Waals surface area contributed by atoms with Gasteiger partial charge in [0.25, 0.3) is 7.82 Å². The maximum absolute atomic E-state index is 12.7. The van der Waals surface area contributed by atoms with E-state index >= 15 is 0 Å². The van der Waals surface area contributed by atoms with Crippen molar-refractivity contribution in [3.8, 4) is 0 Å². The molecule has 0 bridgehead atoms. The van der Waals surface area contributed by atoms with Crippen LogP contribution in [0.3, 0.4) is 0 Å². The van der Waals surface area contributed by atoms with Crippen molar-refractivity contribution in [1.82, 2.24) is 5.32 Å². The summed E-state index contributed by atoms with van der Waals surface area (Å²) < 4.78 is 23.1. The maximum atomic E-state index is 12.7. The summed E-state index contributed by atoms with van der Waals surface area (Å²) >= 11 is 0. The summed E-state index contributed by atoms with van der Waals surface area (Å²) in [6.07, 6.45) is 51.2. The van der Waals surface area contributed by atoms with Crippen LogP contribution in [0.25, 0.3) is 0 Å². The number of phosphoric ester groups is 1. The summed E-state index contributed by atoms with van der Waals surface area (Å²) in [4.78, 5) is 25.0. The fourth-order valence-electron chi connectivity index (χ4n) is 6.95. The zero-order chi connectivity index (χ0) is 42.8. The first-order valence-electron chi connectivity index (χ1n) is 24.4. The normalized spacial score (nSPS) is 14.5. The second-order valence-corrected chi connectivity index (χ2v) is 19.2. The Labute approximate surface area is 359 Å². The zero-order valence-corrected chi connectivity index (χ0v) is 39.6. The molecule has 0 heterocycles. The van der Waals surface area contributed by atoms with Crippen molar-refractivity contribution in [2.45, 2.75) is 231 Å². The van der Waals surface area contributed by atoms with Gasteiger partial charge in [-0.25, -0.2) is 0 Å². The number of likely N-dealkylation sites (N-methyl/N-ethyl adjacent to an activating group) is 1. The van der Waals surface area contributed by atoms with Gasteiger partial charge in [-0.2, -0.15) is 0 Å². The van der Waals surface area contributed by atoms with Gasteiger partial charge in [0.1, 0.15) is 13.2 Å². The second-order valence-electron chi connectivity index (χ2n) is 17.8. The Morgan fingerprint density at radius 2 is 0.966 bits per heavy atom. The number of hydrogen-bond acceptors (Lipinski definition) is 6. The molecule has 1 amide bonds. The number of nitrogens with zero attached hydrogens (tertiary/aromatic N) is 1. The maximum Gasteiger partial charge on any atom is 0.268 e. The molecule has 58 heavy (non-hydrogen) atoms. The number of carbonyl (C=O) groups is 1. The Bertz CT molecular complexity index is 1040. The van der Waals surface area contributed by atoms with Gasteiger partial charge in [0.05, 0.1) is 39.9 Å². The van der Waals surface area contributed by atoms with Crippen LogP contribution in [0, 0.1) is 0 Å². The minimum atomic E-state index is -4.59. The number of nitrogens with one attached hydrogen (secondary N) is 1. The predicted molar refractivity (Wildman–Crippen MR) is 247 cm³/mol. The lowest BCUT2D eigenvalue weighted by Crippen LogP contribution is -2.45. The van der Waals surface area contributed by atoms with Crippen molar-refractivity contribution in [3.63, 3.8) is 0 Å². The molecule has 0 fully saturated rings. The van der Waals surface area contributed by atoms with Crippen LogP contribution in [-0.2, 0) is 18.4 Å². The van der Waals surface area contributed by atoms with E-state index in [1.165, 1.54) is 148 Å². The van der Waals surface area contributed by atoms with E-state index in [0.29, 0.717) is 17.4 Å². The fourth-order valence-corrected chi connectivity index (χ4v) is 7.67. The Kier molecular flexibility index (Phi) is 40.2. The standard InChI is InChI=1S/C49H95N2O6P/c1-6-8-10-12-14-15-16-17-18-19-20-21-22-23-24-25-26-27-28-29-30-31-32-33-34-35-36-37-38-40-42-48(52)47(50-49(53)43-41-39-13-11-9-7-2)46-57-58(54,55)56-45-44-51(3,4)5/h31-32,35-36,40,42,47-48,52H,6-30,33-34,37-39,41,43-46H2,1-5H3,(H-,50,53,54,55)/b32-31+,36-35+,42-40+. The third-order valence-electron chi connectivity index (χ3n) is 10.8.